The fourth-order valence-electron chi connectivity index (χ4n) is 2.99. The predicted molar refractivity (Wildman–Crippen MR) is 105 cm³/mol. The predicted octanol–water partition coefficient (Wildman–Crippen LogP) is 3.57. The van der Waals surface area contributed by atoms with Crippen molar-refractivity contribution in [2.45, 2.75) is 33.4 Å². The summed E-state index contributed by atoms with van der Waals surface area (Å²) in [6.07, 6.45) is 0.648. The van der Waals surface area contributed by atoms with Crippen LogP contribution in [0, 0.1) is 6.92 Å². The van der Waals surface area contributed by atoms with Gasteiger partial charge in [-0.25, -0.2) is 4.79 Å². The quantitative estimate of drug-likeness (QED) is 0.631. The van der Waals surface area contributed by atoms with Crippen molar-refractivity contribution in [2.75, 3.05) is 7.11 Å². The van der Waals surface area contributed by atoms with Crippen LogP contribution < -0.4 is 16.0 Å². The molecule has 0 saturated heterocycles. The highest BCUT2D eigenvalue weighted by Crippen LogP contribution is 2.32. The minimum absolute atomic E-state index is 0.213. The van der Waals surface area contributed by atoms with Crippen LogP contribution in [0.25, 0.3) is 10.2 Å². The molecule has 3 rings (SSSR count). The molecule has 0 saturated carbocycles. The lowest BCUT2D eigenvalue weighted by Crippen LogP contribution is -2.39. The van der Waals surface area contributed by atoms with Crippen molar-refractivity contribution in [1.29, 1.82) is 0 Å². The van der Waals surface area contributed by atoms with Crippen molar-refractivity contribution in [2.24, 2.45) is 0 Å². The molecule has 0 amide bonds. The highest BCUT2D eigenvalue weighted by Gasteiger charge is 2.18. The third-order valence-corrected chi connectivity index (χ3v) is 6.53. The summed E-state index contributed by atoms with van der Waals surface area (Å²) in [4.78, 5) is 26.2. The average Bonchev–Trinajstić information content (AvgIpc) is 2.90. The summed E-state index contributed by atoms with van der Waals surface area (Å²) in [6.45, 7) is 4.56. The van der Waals surface area contributed by atoms with Gasteiger partial charge < -0.3 is 4.74 Å². The van der Waals surface area contributed by atoms with Gasteiger partial charge >= 0.3 is 5.69 Å². The van der Waals surface area contributed by atoms with Gasteiger partial charge in [0, 0.05) is 13.1 Å². The van der Waals surface area contributed by atoms with Gasteiger partial charge in [-0.2, -0.15) is 0 Å². The molecule has 0 atom stereocenters. The van der Waals surface area contributed by atoms with E-state index >= 15 is 0 Å². The van der Waals surface area contributed by atoms with Gasteiger partial charge in [-0.05, 0) is 53.4 Å². The molecule has 0 N–H and O–H groups in total. The summed E-state index contributed by atoms with van der Waals surface area (Å²) in [7, 11) is 1.64. The number of aryl methyl sites for hydroxylation is 3. The van der Waals surface area contributed by atoms with E-state index in [1.165, 1.54) is 15.9 Å². The van der Waals surface area contributed by atoms with Crippen molar-refractivity contribution in [3.05, 3.63) is 60.0 Å². The molecule has 25 heavy (non-hydrogen) atoms. The van der Waals surface area contributed by atoms with Crippen molar-refractivity contribution in [3.63, 3.8) is 0 Å². The van der Waals surface area contributed by atoms with Crippen LogP contribution in [0.5, 0.6) is 5.75 Å². The number of halogens is 1. The van der Waals surface area contributed by atoms with Crippen LogP contribution in [-0.4, -0.2) is 16.2 Å². The number of methoxy groups -OCH3 is 1. The number of hydrogen-bond donors (Lipinski definition) is 0. The van der Waals surface area contributed by atoms with Crippen molar-refractivity contribution in [3.8, 4) is 5.75 Å². The van der Waals surface area contributed by atoms with Crippen molar-refractivity contribution in [1.82, 2.24) is 9.13 Å². The van der Waals surface area contributed by atoms with Crippen LogP contribution in [0.4, 0.5) is 0 Å². The summed E-state index contributed by atoms with van der Waals surface area (Å²) < 4.78 is 9.28. The van der Waals surface area contributed by atoms with E-state index in [1.807, 2.05) is 38.1 Å². The van der Waals surface area contributed by atoms with E-state index in [4.69, 9.17) is 4.74 Å². The highest BCUT2D eigenvalue weighted by molar-refractivity contribution is 9.11. The zero-order valence-corrected chi connectivity index (χ0v) is 16.7. The minimum Gasteiger partial charge on any atom is -0.496 e. The molecular weight excluding hydrogens is 404 g/mol. The highest BCUT2D eigenvalue weighted by atomic mass is 79.9. The van der Waals surface area contributed by atoms with Crippen LogP contribution >= 0.6 is 27.3 Å². The van der Waals surface area contributed by atoms with Crippen molar-refractivity contribution < 1.29 is 4.74 Å². The SMILES string of the molecule is CCn1c(=O)c2c(C)c(Br)sc2n(CCc2ccccc2OC)c1=O. The smallest absolute Gasteiger partial charge is 0.332 e. The normalized spacial score (nSPS) is 11.2. The number of hydrogen-bond acceptors (Lipinski definition) is 4. The Morgan fingerprint density at radius 2 is 1.92 bits per heavy atom. The monoisotopic (exact) mass is 422 g/mol. The Labute approximate surface area is 157 Å². The summed E-state index contributed by atoms with van der Waals surface area (Å²) in [5.74, 6) is 0.805. The Hall–Kier alpha value is -1.86. The van der Waals surface area contributed by atoms with Crippen molar-refractivity contribution >= 4 is 37.5 Å². The molecule has 7 heteroatoms. The van der Waals surface area contributed by atoms with Gasteiger partial charge in [0.05, 0.1) is 16.3 Å². The number of ether oxygens (including phenoxy) is 1. The second-order valence-corrected chi connectivity index (χ2v) is 8.04. The van der Waals surface area contributed by atoms with Gasteiger partial charge in [-0.1, -0.05) is 18.2 Å². The molecule has 2 heterocycles. The Bertz CT molecular complexity index is 1050. The molecule has 0 radical (unpaired) electrons. The molecule has 0 aliphatic carbocycles. The first kappa shape index (κ1) is 17.9. The van der Waals surface area contributed by atoms with E-state index in [1.54, 1.807) is 11.7 Å². The number of thiophene rings is 1. The maximum atomic E-state index is 12.8. The lowest BCUT2D eigenvalue weighted by atomic mass is 10.1. The Morgan fingerprint density at radius 1 is 1.20 bits per heavy atom. The first-order valence-electron chi connectivity index (χ1n) is 8.03. The van der Waals surface area contributed by atoms with Gasteiger partial charge in [-0.3, -0.25) is 13.9 Å². The zero-order chi connectivity index (χ0) is 18.1. The fourth-order valence-corrected chi connectivity index (χ4v) is 4.69. The number of rotatable bonds is 5. The topological polar surface area (TPSA) is 53.2 Å². The zero-order valence-electron chi connectivity index (χ0n) is 14.3. The van der Waals surface area contributed by atoms with Crippen LogP contribution in [0.1, 0.15) is 18.1 Å². The Morgan fingerprint density at radius 3 is 2.60 bits per heavy atom. The molecule has 0 aliphatic rings. The van der Waals surface area contributed by atoms with E-state index in [0.29, 0.717) is 24.9 Å². The molecule has 0 unspecified atom stereocenters. The van der Waals surface area contributed by atoms with E-state index in [2.05, 4.69) is 15.9 Å². The van der Waals surface area contributed by atoms with Gasteiger partial charge in [-0.15, -0.1) is 11.3 Å². The van der Waals surface area contributed by atoms with E-state index in [0.717, 1.165) is 25.5 Å². The molecule has 1 aromatic carbocycles. The summed E-state index contributed by atoms with van der Waals surface area (Å²) >= 11 is 4.93. The van der Waals surface area contributed by atoms with Gasteiger partial charge in [0.1, 0.15) is 10.6 Å². The lowest BCUT2D eigenvalue weighted by molar-refractivity contribution is 0.408. The first-order chi connectivity index (χ1) is 12.0. The number of benzene rings is 1. The summed E-state index contributed by atoms with van der Waals surface area (Å²) in [5, 5.41) is 0.623. The minimum atomic E-state index is -0.261. The summed E-state index contributed by atoms with van der Waals surface area (Å²) in [6, 6.07) is 7.78. The Kier molecular flexibility index (Phi) is 5.15. The first-order valence-corrected chi connectivity index (χ1v) is 9.64. The lowest BCUT2D eigenvalue weighted by Gasteiger charge is -2.12. The molecular formula is C18H19BrN2O3S. The molecule has 0 fully saturated rings. The molecule has 132 valence electrons. The molecule has 0 bridgehead atoms. The standard InChI is InChI=1S/C18H19BrN2O3S/c1-4-20-16(22)14-11(2)15(19)25-17(14)21(18(20)23)10-9-12-7-5-6-8-13(12)24-3/h5-8H,4,9-10H2,1-3H3. The third kappa shape index (κ3) is 3.06. The third-order valence-electron chi connectivity index (χ3n) is 4.35. The number of para-hydroxylation sites is 1. The maximum Gasteiger partial charge on any atom is 0.332 e. The molecule has 5 nitrogen and oxygen atoms in total. The number of aromatic nitrogens is 2. The van der Waals surface area contributed by atoms with Crippen LogP contribution in [-0.2, 0) is 19.5 Å². The average molecular weight is 423 g/mol. The van der Waals surface area contributed by atoms with Gasteiger partial charge in [0.25, 0.3) is 5.56 Å². The van der Waals surface area contributed by atoms with E-state index < -0.39 is 0 Å². The molecule has 0 spiro atoms. The largest absolute Gasteiger partial charge is 0.496 e. The van der Waals surface area contributed by atoms with Gasteiger partial charge in [0.2, 0.25) is 0 Å². The second kappa shape index (κ2) is 7.17. The van der Waals surface area contributed by atoms with Gasteiger partial charge in [0.15, 0.2) is 0 Å². The van der Waals surface area contributed by atoms with Crippen LogP contribution in [0.15, 0.2) is 37.6 Å². The number of fused-ring (bicyclic) bond motifs is 1. The fraction of sp³-hybridized carbons (Fsp3) is 0.333. The number of nitrogens with zero attached hydrogens (tertiary/aromatic N) is 2. The second-order valence-electron chi connectivity index (χ2n) is 5.73. The Balaban J connectivity index is 2.14. The van der Waals surface area contributed by atoms with Crippen LogP contribution in [0.3, 0.4) is 0 Å². The van der Waals surface area contributed by atoms with E-state index in [-0.39, 0.29) is 11.2 Å². The molecule has 2 aromatic heterocycles. The van der Waals surface area contributed by atoms with E-state index in [9.17, 15) is 9.59 Å². The summed E-state index contributed by atoms with van der Waals surface area (Å²) in [5.41, 5.74) is 1.45. The molecule has 3 aromatic rings. The maximum absolute atomic E-state index is 12.8. The molecule has 0 aliphatic heterocycles. The van der Waals surface area contributed by atoms with Crippen LogP contribution in [0.2, 0.25) is 0 Å².